The molecule has 3 aromatic rings. The van der Waals surface area contributed by atoms with E-state index in [2.05, 4.69) is 45.1 Å². The summed E-state index contributed by atoms with van der Waals surface area (Å²) in [5.74, 6) is 0.158. The maximum Gasteiger partial charge on any atom is 0.169 e. The Hall–Kier alpha value is -2.67. The zero-order valence-electron chi connectivity index (χ0n) is 21.8. The van der Waals surface area contributed by atoms with Crippen LogP contribution in [-0.2, 0) is 12.8 Å². The van der Waals surface area contributed by atoms with E-state index in [1.165, 1.54) is 63.0 Å². The van der Waals surface area contributed by atoms with Crippen LogP contribution in [-0.4, -0.2) is 64.3 Å². The first-order valence-electron chi connectivity index (χ1n) is 13.8. The summed E-state index contributed by atoms with van der Waals surface area (Å²) in [4.78, 5) is 27.8. The van der Waals surface area contributed by atoms with Gasteiger partial charge in [-0.2, -0.15) is 0 Å². The van der Waals surface area contributed by atoms with Crippen LogP contribution in [0.1, 0.15) is 69.9 Å². The summed E-state index contributed by atoms with van der Waals surface area (Å²) in [5.41, 5.74) is 6.91. The molecule has 2 aromatic heterocycles. The fourth-order valence-corrected chi connectivity index (χ4v) is 6.73. The SMILES string of the molecule is Cc1nc(-c2cc3c(c(Cc4ccc(CCN5CCC(N6CCCC6)CC5)cc4)n2)C(=O)CC=C3)cs1. The van der Waals surface area contributed by atoms with Crippen LogP contribution >= 0.6 is 11.3 Å². The first-order valence-corrected chi connectivity index (χ1v) is 14.7. The Balaban J connectivity index is 1.11. The number of rotatable bonds is 7. The Bertz CT molecular complexity index is 1280. The molecule has 3 aliphatic rings. The highest BCUT2D eigenvalue weighted by Gasteiger charge is 2.26. The van der Waals surface area contributed by atoms with E-state index in [9.17, 15) is 4.79 Å². The van der Waals surface area contributed by atoms with Gasteiger partial charge in [0.2, 0.25) is 0 Å². The zero-order chi connectivity index (χ0) is 25.2. The Labute approximate surface area is 224 Å². The Morgan fingerprint density at radius 1 is 0.973 bits per heavy atom. The number of hydrogen-bond acceptors (Lipinski definition) is 6. The fourth-order valence-electron chi connectivity index (χ4n) is 6.13. The van der Waals surface area contributed by atoms with Crippen LogP contribution < -0.4 is 0 Å². The van der Waals surface area contributed by atoms with E-state index in [1.807, 2.05) is 24.4 Å². The van der Waals surface area contributed by atoms with Crippen molar-refractivity contribution in [1.29, 1.82) is 0 Å². The van der Waals surface area contributed by atoms with Crippen molar-refractivity contribution in [1.82, 2.24) is 19.8 Å². The van der Waals surface area contributed by atoms with Crippen molar-refractivity contribution in [2.24, 2.45) is 0 Å². The Kier molecular flexibility index (Phi) is 7.32. The van der Waals surface area contributed by atoms with Crippen molar-refractivity contribution >= 4 is 23.2 Å². The van der Waals surface area contributed by atoms with Gasteiger partial charge in [0.05, 0.1) is 22.1 Å². The van der Waals surface area contributed by atoms with Crippen LogP contribution in [0.3, 0.4) is 0 Å². The van der Waals surface area contributed by atoms with E-state index in [1.54, 1.807) is 11.3 Å². The van der Waals surface area contributed by atoms with Gasteiger partial charge in [0.25, 0.3) is 0 Å². The molecule has 0 bridgehead atoms. The van der Waals surface area contributed by atoms with Crippen molar-refractivity contribution in [3.63, 3.8) is 0 Å². The van der Waals surface area contributed by atoms with Gasteiger partial charge in [-0.05, 0) is 88.0 Å². The summed E-state index contributed by atoms with van der Waals surface area (Å²) in [6, 6.07) is 11.8. The van der Waals surface area contributed by atoms with Gasteiger partial charge in [-0.1, -0.05) is 36.4 Å². The third-order valence-electron chi connectivity index (χ3n) is 8.21. The monoisotopic (exact) mass is 512 g/mol. The van der Waals surface area contributed by atoms with Gasteiger partial charge in [0, 0.05) is 36.4 Å². The molecule has 0 atom stereocenters. The third kappa shape index (κ3) is 5.62. The first-order chi connectivity index (χ1) is 18.1. The van der Waals surface area contributed by atoms with Crippen LogP contribution in [0, 0.1) is 6.92 Å². The summed E-state index contributed by atoms with van der Waals surface area (Å²) in [6.07, 6.45) is 11.6. The van der Waals surface area contributed by atoms with E-state index in [0.717, 1.165) is 52.2 Å². The summed E-state index contributed by atoms with van der Waals surface area (Å²) in [5, 5.41) is 3.07. The number of fused-ring (bicyclic) bond motifs is 1. The predicted molar refractivity (Wildman–Crippen MR) is 151 cm³/mol. The standard InChI is InChI=1S/C31H36N4OS/c1-22-32-29(21-37-22)27-20-25-5-4-6-30(36)31(25)28(33-27)19-24-9-7-23(8-10-24)11-16-34-17-12-26(13-18-34)35-14-2-3-15-35/h4-5,7-10,20-21,26H,2-3,6,11-19H2,1H3. The maximum absolute atomic E-state index is 12.8. The average Bonchev–Trinajstić information content (AvgIpc) is 3.61. The largest absolute Gasteiger partial charge is 0.303 e. The van der Waals surface area contributed by atoms with Crippen molar-refractivity contribution in [3.05, 3.63) is 74.7 Å². The quantitative estimate of drug-likeness (QED) is 0.400. The molecule has 0 spiro atoms. The lowest BCUT2D eigenvalue weighted by molar-refractivity contribution is 0.0993. The van der Waals surface area contributed by atoms with Crippen LogP contribution in [0.25, 0.3) is 17.5 Å². The molecule has 1 aromatic carbocycles. The van der Waals surface area contributed by atoms with Crippen LogP contribution in [0.5, 0.6) is 0 Å². The summed E-state index contributed by atoms with van der Waals surface area (Å²) >= 11 is 1.63. The third-order valence-corrected chi connectivity index (χ3v) is 8.98. The van der Waals surface area contributed by atoms with Gasteiger partial charge in [-0.25, -0.2) is 4.98 Å². The minimum Gasteiger partial charge on any atom is -0.303 e. The number of benzene rings is 1. The number of nitrogens with zero attached hydrogens (tertiary/aromatic N) is 4. The second-order valence-electron chi connectivity index (χ2n) is 10.8. The number of aromatic nitrogens is 2. The highest BCUT2D eigenvalue weighted by Crippen LogP contribution is 2.29. The first kappa shape index (κ1) is 24.7. The normalized spacial score (nSPS) is 19.0. The van der Waals surface area contributed by atoms with Gasteiger partial charge in [-0.3, -0.25) is 9.78 Å². The molecule has 37 heavy (non-hydrogen) atoms. The minimum atomic E-state index is 0.158. The summed E-state index contributed by atoms with van der Waals surface area (Å²) in [6.45, 7) is 8.23. The van der Waals surface area contributed by atoms with E-state index in [4.69, 9.17) is 4.98 Å². The molecule has 6 heteroatoms. The lowest BCUT2D eigenvalue weighted by Crippen LogP contribution is -2.44. The zero-order valence-corrected chi connectivity index (χ0v) is 22.6. The Morgan fingerprint density at radius 2 is 1.73 bits per heavy atom. The van der Waals surface area contributed by atoms with Crippen LogP contribution in [0.4, 0.5) is 0 Å². The highest BCUT2D eigenvalue weighted by molar-refractivity contribution is 7.09. The van der Waals surface area contributed by atoms with Gasteiger partial charge >= 0.3 is 0 Å². The van der Waals surface area contributed by atoms with E-state index in [-0.39, 0.29) is 5.78 Å². The highest BCUT2D eigenvalue weighted by atomic mass is 32.1. The number of hydrogen-bond donors (Lipinski definition) is 0. The van der Waals surface area contributed by atoms with E-state index in [0.29, 0.717) is 12.8 Å². The molecule has 0 saturated carbocycles. The number of allylic oxidation sites excluding steroid dienone is 1. The number of likely N-dealkylation sites (tertiary alicyclic amines) is 2. The van der Waals surface area contributed by atoms with Crippen molar-refractivity contribution < 1.29 is 4.79 Å². The number of pyridine rings is 1. The number of ketones is 1. The maximum atomic E-state index is 12.8. The Morgan fingerprint density at radius 3 is 2.46 bits per heavy atom. The molecule has 0 radical (unpaired) electrons. The van der Waals surface area contributed by atoms with Gasteiger partial charge in [0.1, 0.15) is 0 Å². The number of aryl methyl sites for hydroxylation is 1. The molecule has 2 fully saturated rings. The smallest absolute Gasteiger partial charge is 0.169 e. The van der Waals surface area contributed by atoms with Crippen LogP contribution in [0.2, 0.25) is 0 Å². The topological polar surface area (TPSA) is 49.3 Å². The molecule has 2 saturated heterocycles. The lowest BCUT2D eigenvalue weighted by atomic mass is 9.91. The minimum absolute atomic E-state index is 0.158. The molecule has 4 heterocycles. The average molecular weight is 513 g/mol. The molecule has 6 rings (SSSR count). The number of carbonyl (C=O) groups excluding carboxylic acids is 1. The number of piperidine rings is 1. The number of carbonyl (C=O) groups is 1. The molecule has 1 aliphatic carbocycles. The fraction of sp³-hybridized carbons (Fsp3) is 0.452. The number of thiazole rings is 1. The van der Waals surface area contributed by atoms with Crippen molar-refractivity contribution in [2.75, 3.05) is 32.7 Å². The molecule has 2 aliphatic heterocycles. The number of Topliss-reactive ketones (excluding diaryl/α,β-unsaturated/α-hetero) is 1. The van der Waals surface area contributed by atoms with Gasteiger partial charge < -0.3 is 9.80 Å². The summed E-state index contributed by atoms with van der Waals surface area (Å²) in [7, 11) is 0. The molecule has 0 unspecified atom stereocenters. The molecule has 192 valence electrons. The van der Waals surface area contributed by atoms with Gasteiger partial charge in [0.15, 0.2) is 5.78 Å². The van der Waals surface area contributed by atoms with Crippen molar-refractivity contribution in [3.8, 4) is 11.4 Å². The molecule has 5 nitrogen and oxygen atoms in total. The second-order valence-corrected chi connectivity index (χ2v) is 11.8. The van der Waals surface area contributed by atoms with E-state index >= 15 is 0 Å². The molecular weight excluding hydrogens is 476 g/mol. The molecule has 0 N–H and O–H groups in total. The van der Waals surface area contributed by atoms with Crippen molar-refractivity contribution in [2.45, 2.75) is 57.9 Å². The lowest BCUT2D eigenvalue weighted by Gasteiger charge is -2.36. The van der Waals surface area contributed by atoms with Gasteiger partial charge in [-0.15, -0.1) is 11.3 Å². The van der Waals surface area contributed by atoms with Crippen LogP contribution in [0.15, 0.2) is 41.8 Å². The second kappa shape index (κ2) is 11.0. The molecule has 0 amide bonds. The van der Waals surface area contributed by atoms with E-state index < -0.39 is 0 Å². The summed E-state index contributed by atoms with van der Waals surface area (Å²) < 4.78 is 0. The molecular formula is C31H36N4OS. The predicted octanol–water partition coefficient (Wildman–Crippen LogP) is 5.81.